The van der Waals surface area contributed by atoms with Crippen LogP contribution in [0.4, 0.5) is 24.8 Å². The molecule has 1 aromatic heterocycles. The van der Waals surface area contributed by atoms with Crippen molar-refractivity contribution in [3.63, 3.8) is 0 Å². The summed E-state index contributed by atoms with van der Waals surface area (Å²) in [5, 5.41) is 2.96. The van der Waals surface area contributed by atoms with Gasteiger partial charge < -0.3 is 10.7 Å². The fourth-order valence-corrected chi connectivity index (χ4v) is 1.92. The lowest BCUT2D eigenvalue weighted by atomic mass is 10.1. The number of alkyl halides is 3. The van der Waals surface area contributed by atoms with E-state index in [0.29, 0.717) is 0 Å². The number of hydrazine groups is 1. The molecule has 0 saturated heterocycles. The summed E-state index contributed by atoms with van der Waals surface area (Å²) in [6.45, 7) is 4.04. The second-order valence-electron chi connectivity index (χ2n) is 5.00. The van der Waals surface area contributed by atoms with Crippen LogP contribution in [0.25, 0.3) is 0 Å². The van der Waals surface area contributed by atoms with Crippen molar-refractivity contribution < 1.29 is 13.2 Å². The van der Waals surface area contributed by atoms with Crippen molar-refractivity contribution in [3.05, 3.63) is 11.9 Å². The second-order valence-corrected chi connectivity index (χ2v) is 5.00. The molecule has 0 amide bonds. The number of anilines is 2. The number of unbranched alkanes of at least 4 members (excludes halogenated alkanes) is 3. The monoisotopic (exact) mass is 305 g/mol. The predicted octanol–water partition coefficient (Wildman–Crippen LogP) is 3.55. The largest absolute Gasteiger partial charge is 0.451 e. The van der Waals surface area contributed by atoms with Crippen LogP contribution in [0.2, 0.25) is 0 Å². The highest BCUT2D eigenvalue weighted by molar-refractivity contribution is 5.47. The van der Waals surface area contributed by atoms with Crippen LogP contribution in [0.15, 0.2) is 6.07 Å². The lowest BCUT2D eigenvalue weighted by molar-refractivity contribution is -0.144. The van der Waals surface area contributed by atoms with Gasteiger partial charge in [-0.05, 0) is 13.3 Å². The van der Waals surface area contributed by atoms with Gasteiger partial charge in [0.1, 0.15) is 11.6 Å². The molecular weight excluding hydrogens is 283 g/mol. The molecule has 0 aliphatic carbocycles. The average molecular weight is 305 g/mol. The van der Waals surface area contributed by atoms with Gasteiger partial charge >= 0.3 is 6.18 Å². The van der Waals surface area contributed by atoms with Crippen LogP contribution in [-0.2, 0) is 6.18 Å². The SMILES string of the molecule is CCCCCCC(C)Nc1cc(NN)nc(C(F)(F)F)n1. The van der Waals surface area contributed by atoms with Crippen LogP contribution in [0.5, 0.6) is 0 Å². The number of nitrogens with one attached hydrogen (secondary N) is 2. The molecule has 0 radical (unpaired) electrons. The standard InChI is InChI=1S/C13H22F3N5/c1-3-4-5-6-7-9(2)18-10-8-11(21-17)20-12(19-10)13(14,15)16/h8-9H,3-7,17H2,1-2H3,(H2,18,19,20,21). The van der Waals surface area contributed by atoms with E-state index in [4.69, 9.17) is 5.84 Å². The Morgan fingerprint density at radius 3 is 2.43 bits per heavy atom. The number of aromatic nitrogens is 2. The summed E-state index contributed by atoms with van der Waals surface area (Å²) in [4.78, 5) is 6.80. The Morgan fingerprint density at radius 2 is 1.86 bits per heavy atom. The van der Waals surface area contributed by atoms with E-state index in [2.05, 4.69) is 27.6 Å². The Kier molecular flexibility index (Phi) is 6.67. The topological polar surface area (TPSA) is 75.9 Å². The molecule has 8 heteroatoms. The first-order chi connectivity index (χ1) is 9.86. The van der Waals surface area contributed by atoms with Crippen molar-refractivity contribution in [3.8, 4) is 0 Å². The Bertz CT molecular complexity index is 436. The van der Waals surface area contributed by atoms with Crippen LogP contribution in [0.1, 0.15) is 51.8 Å². The third-order valence-electron chi connectivity index (χ3n) is 3.01. The first-order valence-corrected chi connectivity index (χ1v) is 7.06. The van der Waals surface area contributed by atoms with Crippen molar-refractivity contribution in [2.45, 2.75) is 58.2 Å². The van der Waals surface area contributed by atoms with E-state index in [1.165, 1.54) is 12.5 Å². The van der Waals surface area contributed by atoms with E-state index in [1.54, 1.807) is 0 Å². The number of rotatable bonds is 8. The summed E-state index contributed by atoms with van der Waals surface area (Å²) in [5.74, 6) is 3.98. The molecule has 0 bridgehead atoms. The van der Waals surface area contributed by atoms with Gasteiger partial charge in [-0.1, -0.05) is 32.6 Å². The minimum atomic E-state index is -4.60. The van der Waals surface area contributed by atoms with Gasteiger partial charge in [0, 0.05) is 12.1 Å². The fourth-order valence-electron chi connectivity index (χ4n) is 1.92. The number of halogens is 3. The zero-order valence-electron chi connectivity index (χ0n) is 12.3. The van der Waals surface area contributed by atoms with Crippen molar-refractivity contribution in [2.24, 2.45) is 5.84 Å². The number of hydrogen-bond donors (Lipinski definition) is 3. The number of nitrogens with zero attached hydrogens (tertiary/aromatic N) is 2. The van der Waals surface area contributed by atoms with E-state index in [-0.39, 0.29) is 17.7 Å². The second kappa shape index (κ2) is 8.02. The van der Waals surface area contributed by atoms with Crippen molar-refractivity contribution in [2.75, 3.05) is 10.7 Å². The molecule has 1 heterocycles. The van der Waals surface area contributed by atoms with Crippen LogP contribution >= 0.6 is 0 Å². The van der Waals surface area contributed by atoms with E-state index in [0.717, 1.165) is 25.7 Å². The normalized spacial score (nSPS) is 13.0. The minimum absolute atomic E-state index is 0.0310. The molecule has 21 heavy (non-hydrogen) atoms. The molecule has 0 aromatic carbocycles. The van der Waals surface area contributed by atoms with Gasteiger partial charge in [0.05, 0.1) is 0 Å². The third-order valence-corrected chi connectivity index (χ3v) is 3.01. The summed E-state index contributed by atoms with van der Waals surface area (Å²) < 4.78 is 38.1. The zero-order valence-corrected chi connectivity index (χ0v) is 12.3. The molecule has 5 nitrogen and oxygen atoms in total. The first kappa shape index (κ1) is 17.5. The van der Waals surface area contributed by atoms with Gasteiger partial charge in [-0.2, -0.15) is 13.2 Å². The highest BCUT2D eigenvalue weighted by atomic mass is 19.4. The van der Waals surface area contributed by atoms with Gasteiger partial charge in [0.2, 0.25) is 5.82 Å². The Labute approximate surface area is 122 Å². The molecule has 4 N–H and O–H groups in total. The highest BCUT2D eigenvalue weighted by Gasteiger charge is 2.35. The highest BCUT2D eigenvalue weighted by Crippen LogP contribution is 2.28. The maximum atomic E-state index is 12.7. The van der Waals surface area contributed by atoms with E-state index in [9.17, 15) is 13.2 Å². The zero-order chi connectivity index (χ0) is 15.9. The number of hydrogen-bond acceptors (Lipinski definition) is 5. The molecule has 1 unspecified atom stereocenters. The summed E-state index contributed by atoms with van der Waals surface area (Å²) in [6, 6.07) is 1.39. The molecular formula is C13H22F3N5. The van der Waals surface area contributed by atoms with E-state index in [1.807, 2.05) is 6.92 Å². The summed E-state index contributed by atoms with van der Waals surface area (Å²) in [5.41, 5.74) is 2.12. The Hall–Kier alpha value is -1.57. The molecule has 120 valence electrons. The van der Waals surface area contributed by atoms with Crippen LogP contribution in [0.3, 0.4) is 0 Å². The smallest absolute Gasteiger partial charge is 0.367 e. The Morgan fingerprint density at radius 1 is 1.19 bits per heavy atom. The molecule has 0 aliphatic heterocycles. The van der Waals surface area contributed by atoms with E-state index >= 15 is 0 Å². The minimum Gasteiger partial charge on any atom is -0.367 e. The first-order valence-electron chi connectivity index (χ1n) is 7.06. The molecule has 1 atom stereocenters. The van der Waals surface area contributed by atoms with Crippen LogP contribution in [-0.4, -0.2) is 16.0 Å². The van der Waals surface area contributed by atoms with Crippen LogP contribution in [0, 0.1) is 0 Å². The maximum absolute atomic E-state index is 12.7. The number of nitrogens with two attached hydrogens (primary N) is 1. The van der Waals surface area contributed by atoms with Crippen molar-refractivity contribution >= 4 is 11.6 Å². The van der Waals surface area contributed by atoms with Crippen molar-refractivity contribution in [1.29, 1.82) is 0 Å². The van der Waals surface area contributed by atoms with Gasteiger partial charge in [-0.15, -0.1) is 0 Å². The summed E-state index contributed by atoms with van der Waals surface area (Å²) in [7, 11) is 0. The quantitative estimate of drug-likeness (QED) is 0.389. The van der Waals surface area contributed by atoms with Crippen LogP contribution < -0.4 is 16.6 Å². The maximum Gasteiger partial charge on any atom is 0.451 e. The molecule has 0 spiro atoms. The van der Waals surface area contributed by atoms with E-state index < -0.39 is 12.0 Å². The lowest BCUT2D eigenvalue weighted by Crippen LogP contribution is -2.20. The third kappa shape index (κ3) is 6.16. The fraction of sp³-hybridized carbons (Fsp3) is 0.692. The number of nitrogen functional groups attached to an aromatic ring is 1. The van der Waals surface area contributed by atoms with Gasteiger partial charge in [0.15, 0.2) is 0 Å². The van der Waals surface area contributed by atoms with Crippen molar-refractivity contribution in [1.82, 2.24) is 9.97 Å². The molecule has 0 fully saturated rings. The lowest BCUT2D eigenvalue weighted by Gasteiger charge is -2.16. The Balaban J connectivity index is 2.69. The molecule has 0 aliphatic rings. The predicted molar refractivity (Wildman–Crippen MR) is 76.7 cm³/mol. The molecule has 1 aromatic rings. The summed E-state index contributed by atoms with van der Waals surface area (Å²) in [6.07, 6.45) is 0.731. The van der Waals surface area contributed by atoms with Gasteiger partial charge in [-0.3, -0.25) is 0 Å². The van der Waals surface area contributed by atoms with Gasteiger partial charge in [-0.25, -0.2) is 15.8 Å². The molecule has 1 rings (SSSR count). The molecule has 0 saturated carbocycles. The van der Waals surface area contributed by atoms with Gasteiger partial charge in [0.25, 0.3) is 0 Å². The average Bonchev–Trinajstić information content (AvgIpc) is 2.42. The summed E-state index contributed by atoms with van der Waals surface area (Å²) >= 11 is 0.